The number of methoxy groups -OCH3 is 1. The molecule has 1 rings (SSSR count). The summed E-state index contributed by atoms with van der Waals surface area (Å²) in [6, 6.07) is 4.36. The van der Waals surface area contributed by atoms with E-state index in [-0.39, 0.29) is 11.5 Å². The molecular formula is C11H12BrNO4. The van der Waals surface area contributed by atoms with Gasteiger partial charge in [0, 0.05) is 11.6 Å². The van der Waals surface area contributed by atoms with Crippen LogP contribution in [0.1, 0.15) is 17.3 Å². The summed E-state index contributed by atoms with van der Waals surface area (Å²) in [5.74, 6) is -1.31. The highest BCUT2D eigenvalue weighted by Crippen LogP contribution is 2.23. The first kappa shape index (κ1) is 13.7. The van der Waals surface area contributed by atoms with E-state index in [4.69, 9.17) is 9.84 Å². The first-order valence-electron chi connectivity index (χ1n) is 4.82. The molecule has 0 aromatic heterocycles. The van der Waals surface area contributed by atoms with Crippen molar-refractivity contribution >= 4 is 33.5 Å². The normalized spacial score (nSPS) is 11.9. The number of carbonyl (C=O) groups excluding carboxylic acids is 1. The lowest BCUT2D eigenvalue weighted by Crippen LogP contribution is -2.26. The first-order valence-corrected chi connectivity index (χ1v) is 5.61. The summed E-state index contributed by atoms with van der Waals surface area (Å²) in [4.78, 5) is 22.3. The number of amides is 1. The molecule has 0 aliphatic heterocycles. The molecule has 0 bridgehead atoms. The molecule has 1 aromatic rings. The fraction of sp³-hybridized carbons (Fsp3) is 0.273. The molecule has 2 N–H and O–H groups in total. The van der Waals surface area contributed by atoms with Crippen LogP contribution in [-0.4, -0.2) is 30.2 Å². The Balaban J connectivity index is 2.86. The highest BCUT2D eigenvalue weighted by Gasteiger charge is 2.14. The molecule has 17 heavy (non-hydrogen) atoms. The van der Waals surface area contributed by atoms with Gasteiger partial charge in [0.15, 0.2) is 0 Å². The van der Waals surface area contributed by atoms with Crippen LogP contribution >= 0.6 is 15.9 Å². The predicted octanol–water partition coefficient (Wildman–Crippen LogP) is 2.12. The Bertz CT molecular complexity index is 447. The van der Waals surface area contributed by atoms with Gasteiger partial charge in [-0.2, -0.15) is 0 Å². The molecule has 0 spiro atoms. The number of halogens is 1. The number of benzene rings is 1. The number of anilines is 1. The molecule has 1 aromatic carbocycles. The maximum absolute atomic E-state index is 11.5. The third-order valence-electron chi connectivity index (χ3n) is 2.20. The maximum Gasteiger partial charge on any atom is 0.335 e. The van der Waals surface area contributed by atoms with Crippen molar-refractivity contribution in [1.82, 2.24) is 0 Å². The van der Waals surface area contributed by atoms with Gasteiger partial charge in [-0.05, 0) is 41.1 Å². The standard InChI is InChI=1S/C11H12BrNO4/c1-6(17-2)10(14)13-9-4-3-7(11(15)16)5-8(9)12/h3-6H,1-2H3,(H,13,14)(H,15,16). The van der Waals surface area contributed by atoms with Gasteiger partial charge in [0.05, 0.1) is 11.3 Å². The van der Waals surface area contributed by atoms with Crippen LogP contribution in [0.15, 0.2) is 22.7 Å². The van der Waals surface area contributed by atoms with E-state index in [2.05, 4.69) is 21.2 Å². The van der Waals surface area contributed by atoms with Crippen molar-refractivity contribution < 1.29 is 19.4 Å². The van der Waals surface area contributed by atoms with Crippen LogP contribution in [0, 0.1) is 0 Å². The van der Waals surface area contributed by atoms with Crippen molar-refractivity contribution in [2.24, 2.45) is 0 Å². The lowest BCUT2D eigenvalue weighted by molar-refractivity contribution is -0.124. The molecule has 92 valence electrons. The molecule has 0 heterocycles. The Labute approximate surface area is 107 Å². The van der Waals surface area contributed by atoms with Gasteiger partial charge in [0.25, 0.3) is 5.91 Å². The number of nitrogens with one attached hydrogen (secondary N) is 1. The fourth-order valence-electron chi connectivity index (χ4n) is 1.09. The van der Waals surface area contributed by atoms with Crippen molar-refractivity contribution in [3.63, 3.8) is 0 Å². The van der Waals surface area contributed by atoms with Crippen LogP contribution < -0.4 is 5.32 Å². The van der Waals surface area contributed by atoms with E-state index in [9.17, 15) is 9.59 Å². The third-order valence-corrected chi connectivity index (χ3v) is 2.85. The van der Waals surface area contributed by atoms with E-state index < -0.39 is 12.1 Å². The van der Waals surface area contributed by atoms with E-state index in [1.54, 1.807) is 6.92 Å². The van der Waals surface area contributed by atoms with E-state index in [1.807, 2.05) is 0 Å². The second kappa shape index (κ2) is 5.79. The Morgan fingerprint density at radius 3 is 2.59 bits per heavy atom. The quantitative estimate of drug-likeness (QED) is 0.893. The smallest absolute Gasteiger partial charge is 0.335 e. The zero-order valence-corrected chi connectivity index (χ0v) is 10.9. The molecule has 1 unspecified atom stereocenters. The number of carboxylic acids is 1. The predicted molar refractivity (Wildman–Crippen MR) is 66.2 cm³/mol. The molecular weight excluding hydrogens is 290 g/mol. The molecule has 6 heteroatoms. The van der Waals surface area contributed by atoms with Gasteiger partial charge in [0.2, 0.25) is 0 Å². The fourth-order valence-corrected chi connectivity index (χ4v) is 1.57. The van der Waals surface area contributed by atoms with Crippen LogP contribution in [0.5, 0.6) is 0 Å². The molecule has 0 saturated heterocycles. The van der Waals surface area contributed by atoms with Crippen molar-refractivity contribution in [3.8, 4) is 0 Å². The summed E-state index contributed by atoms with van der Waals surface area (Å²) in [6.07, 6.45) is -0.568. The van der Waals surface area contributed by atoms with Gasteiger partial charge in [0.1, 0.15) is 6.10 Å². The average Bonchev–Trinajstić information content (AvgIpc) is 2.30. The summed E-state index contributed by atoms with van der Waals surface area (Å²) >= 11 is 3.20. The monoisotopic (exact) mass is 301 g/mol. The Morgan fingerprint density at radius 1 is 1.47 bits per heavy atom. The lowest BCUT2D eigenvalue weighted by atomic mass is 10.2. The summed E-state index contributed by atoms with van der Waals surface area (Å²) in [5, 5.41) is 11.4. The number of aromatic carboxylic acids is 1. The molecule has 5 nitrogen and oxygen atoms in total. The van der Waals surface area contributed by atoms with Crippen molar-refractivity contribution in [1.29, 1.82) is 0 Å². The van der Waals surface area contributed by atoms with Crippen molar-refractivity contribution in [3.05, 3.63) is 28.2 Å². The molecule has 0 aliphatic carbocycles. The SMILES string of the molecule is COC(C)C(=O)Nc1ccc(C(=O)O)cc1Br. The second-order valence-corrected chi connectivity index (χ2v) is 4.22. The van der Waals surface area contributed by atoms with E-state index in [0.717, 1.165) is 0 Å². The highest BCUT2D eigenvalue weighted by molar-refractivity contribution is 9.10. The van der Waals surface area contributed by atoms with Crippen molar-refractivity contribution in [2.45, 2.75) is 13.0 Å². The number of carboxylic acid groups (broad SMARTS) is 1. The van der Waals surface area contributed by atoms with Gasteiger partial charge in [-0.25, -0.2) is 4.79 Å². The number of carbonyl (C=O) groups is 2. The topological polar surface area (TPSA) is 75.6 Å². The largest absolute Gasteiger partial charge is 0.478 e. The van der Waals surface area contributed by atoms with Crippen LogP contribution in [0.3, 0.4) is 0 Å². The minimum Gasteiger partial charge on any atom is -0.478 e. The summed E-state index contributed by atoms with van der Waals surface area (Å²) < 4.78 is 5.37. The lowest BCUT2D eigenvalue weighted by Gasteiger charge is -2.11. The van der Waals surface area contributed by atoms with Crippen molar-refractivity contribution in [2.75, 3.05) is 12.4 Å². The van der Waals surface area contributed by atoms with Gasteiger partial charge in [-0.1, -0.05) is 0 Å². The number of rotatable bonds is 4. The minimum absolute atomic E-state index is 0.148. The minimum atomic E-state index is -1.02. The first-order chi connectivity index (χ1) is 7.95. The summed E-state index contributed by atoms with van der Waals surface area (Å²) in [6.45, 7) is 1.62. The summed E-state index contributed by atoms with van der Waals surface area (Å²) in [7, 11) is 1.44. The average molecular weight is 302 g/mol. The molecule has 1 atom stereocenters. The number of hydrogen-bond donors (Lipinski definition) is 2. The van der Waals surface area contributed by atoms with Crippen LogP contribution in [0.25, 0.3) is 0 Å². The Kier molecular flexibility index (Phi) is 4.65. The number of ether oxygens (including phenoxy) is 1. The molecule has 0 radical (unpaired) electrons. The zero-order chi connectivity index (χ0) is 13.0. The maximum atomic E-state index is 11.5. The Hall–Kier alpha value is -1.40. The summed E-state index contributed by atoms with van der Waals surface area (Å²) in [5.41, 5.74) is 0.651. The van der Waals surface area contributed by atoms with Gasteiger partial charge in [-0.3, -0.25) is 4.79 Å². The highest BCUT2D eigenvalue weighted by atomic mass is 79.9. The van der Waals surface area contributed by atoms with Gasteiger partial charge < -0.3 is 15.2 Å². The van der Waals surface area contributed by atoms with E-state index in [1.165, 1.54) is 25.3 Å². The second-order valence-electron chi connectivity index (χ2n) is 3.37. The number of hydrogen-bond acceptors (Lipinski definition) is 3. The van der Waals surface area contributed by atoms with Gasteiger partial charge in [-0.15, -0.1) is 0 Å². The molecule has 1 amide bonds. The molecule has 0 saturated carbocycles. The van der Waals surface area contributed by atoms with Gasteiger partial charge >= 0.3 is 5.97 Å². The Morgan fingerprint density at radius 2 is 2.12 bits per heavy atom. The van der Waals surface area contributed by atoms with Crippen LogP contribution in [-0.2, 0) is 9.53 Å². The van der Waals surface area contributed by atoms with E-state index in [0.29, 0.717) is 10.2 Å². The molecule has 0 fully saturated rings. The van der Waals surface area contributed by atoms with Crippen LogP contribution in [0.4, 0.5) is 5.69 Å². The third kappa shape index (κ3) is 3.54. The zero-order valence-electron chi connectivity index (χ0n) is 9.36. The molecule has 0 aliphatic rings. The van der Waals surface area contributed by atoms with E-state index >= 15 is 0 Å². The van der Waals surface area contributed by atoms with Crippen LogP contribution in [0.2, 0.25) is 0 Å².